The summed E-state index contributed by atoms with van der Waals surface area (Å²) < 4.78 is 2.03. The molecule has 2 aliphatic rings. The molecule has 144 valence electrons. The van der Waals surface area contributed by atoms with Crippen LogP contribution in [0.2, 0.25) is 0 Å². The minimum Gasteiger partial charge on any atom is -0.334 e. The average Bonchev–Trinajstić information content (AvgIpc) is 3.32. The molecule has 4 heteroatoms. The molecule has 2 atom stereocenters. The van der Waals surface area contributed by atoms with Crippen LogP contribution in [-0.2, 0) is 24.2 Å². The van der Waals surface area contributed by atoms with E-state index in [1.807, 2.05) is 10.7 Å². The quantitative estimate of drug-likeness (QED) is 0.774. The Hall–Kier alpha value is -2.10. The van der Waals surface area contributed by atoms with Gasteiger partial charge in [-0.1, -0.05) is 44.2 Å². The highest BCUT2D eigenvalue weighted by atomic mass is 16.2. The zero-order chi connectivity index (χ0) is 18.8. The molecular formula is C23H31N3O. The highest BCUT2D eigenvalue weighted by molar-refractivity contribution is 5.77. The third-order valence-electron chi connectivity index (χ3n) is 6.43. The molecule has 0 bridgehead atoms. The van der Waals surface area contributed by atoms with Crippen molar-refractivity contribution >= 4 is 5.91 Å². The number of fused-ring (bicyclic) bond motifs is 1. The fourth-order valence-electron chi connectivity index (χ4n) is 5.05. The molecule has 1 aromatic heterocycles. The molecule has 1 aromatic carbocycles. The van der Waals surface area contributed by atoms with Gasteiger partial charge in [-0.25, -0.2) is 0 Å². The van der Waals surface area contributed by atoms with Gasteiger partial charge in [0.2, 0.25) is 5.91 Å². The summed E-state index contributed by atoms with van der Waals surface area (Å²) in [6.07, 6.45) is 7.85. The number of hydrogen-bond donors (Lipinski definition) is 0. The summed E-state index contributed by atoms with van der Waals surface area (Å²) in [4.78, 5) is 15.3. The Morgan fingerprint density at radius 2 is 1.96 bits per heavy atom. The van der Waals surface area contributed by atoms with Crippen LogP contribution in [0.15, 0.2) is 30.3 Å². The summed E-state index contributed by atoms with van der Waals surface area (Å²) in [5.41, 5.74) is 5.25. The molecule has 2 aromatic rings. The van der Waals surface area contributed by atoms with Crippen LogP contribution in [0.4, 0.5) is 0 Å². The largest absolute Gasteiger partial charge is 0.334 e. The zero-order valence-corrected chi connectivity index (χ0v) is 16.7. The lowest BCUT2D eigenvalue weighted by atomic mass is 9.85. The summed E-state index contributed by atoms with van der Waals surface area (Å²) in [5.74, 6) is 0.781. The highest BCUT2D eigenvalue weighted by Gasteiger charge is 2.32. The van der Waals surface area contributed by atoms with E-state index in [0.29, 0.717) is 12.5 Å². The van der Waals surface area contributed by atoms with Crippen LogP contribution in [0, 0.1) is 0 Å². The van der Waals surface area contributed by atoms with Gasteiger partial charge in [0.15, 0.2) is 0 Å². The van der Waals surface area contributed by atoms with Crippen molar-refractivity contribution in [2.24, 2.45) is 0 Å². The van der Waals surface area contributed by atoms with Gasteiger partial charge in [0.25, 0.3) is 0 Å². The zero-order valence-electron chi connectivity index (χ0n) is 16.7. The molecule has 1 saturated heterocycles. The van der Waals surface area contributed by atoms with E-state index in [1.54, 1.807) is 0 Å². The molecule has 0 N–H and O–H groups in total. The topological polar surface area (TPSA) is 38.1 Å². The normalized spacial score (nSPS) is 22.1. The van der Waals surface area contributed by atoms with E-state index < -0.39 is 0 Å². The van der Waals surface area contributed by atoms with E-state index in [2.05, 4.69) is 43.0 Å². The molecule has 1 amide bonds. The third-order valence-corrected chi connectivity index (χ3v) is 6.43. The first-order valence-electron chi connectivity index (χ1n) is 10.7. The van der Waals surface area contributed by atoms with E-state index in [1.165, 1.54) is 35.4 Å². The number of carbonyl (C=O) groups is 1. The van der Waals surface area contributed by atoms with Crippen LogP contribution >= 0.6 is 0 Å². The van der Waals surface area contributed by atoms with Crippen molar-refractivity contribution < 1.29 is 4.79 Å². The van der Waals surface area contributed by atoms with Crippen LogP contribution in [0.1, 0.15) is 80.4 Å². The van der Waals surface area contributed by atoms with Crippen LogP contribution < -0.4 is 0 Å². The number of rotatable bonds is 5. The Morgan fingerprint density at radius 1 is 1.15 bits per heavy atom. The van der Waals surface area contributed by atoms with Crippen molar-refractivity contribution in [2.75, 3.05) is 6.54 Å². The molecule has 0 saturated carbocycles. The number of carbonyl (C=O) groups excluding carboxylic acids is 1. The molecule has 0 spiro atoms. The Balaban J connectivity index is 1.57. The molecule has 1 aliphatic heterocycles. The van der Waals surface area contributed by atoms with Crippen molar-refractivity contribution in [2.45, 2.75) is 77.3 Å². The lowest BCUT2D eigenvalue weighted by molar-refractivity contribution is -0.133. The highest BCUT2D eigenvalue weighted by Crippen LogP contribution is 2.36. The number of likely N-dealkylation sites (tertiary alicyclic amines) is 1. The maximum absolute atomic E-state index is 13.2. The average molecular weight is 366 g/mol. The number of benzene rings is 1. The van der Waals surface area contributed by atoms with Gasteiger partial charge in [-0.3, -0.25) is 9.48 Å². The molecular weight excluding hydrogens is 334 g/mol. The van der Waals surface area contributed by atoms with Gasteiger partial charge in [-0.2, -0.15) is 5.10 Å². The predicted molar refractivity (Wildman–Crippen MR) is 108 cm³/mol. The van der Waals surface area contributed by atoms with E-state index in [9.17, 15) is 4.79 Å². The van der Waals surface area contributed by atoms with Gasteiger partial charge in [0.1, 0.15) is 6.54 Å². The van der Waals surface area contributed by atoms with Crippen molar-refractivity contribution in [1.82, 2.24) is 14.7 Å². The summed E-state index contributed by atoms with van der Waals surface area (Å²) in [6, 6.07) is 10.7. The van der Waals surface area contributed by atoms with Crippen LogP contribution in [-0.4, -0.2) is 27.1 Å². The predicted octanol–water partition coefficient (Wildman–Crippen LogP) is 4.64. The van der Waals surface area contributed by atoms with E-state index in [4.69, 9.17) is 5.10 Å². The fourth-order valence-corrected chi connectivity index (χ4v) is 5.05. The second-order valence-electron chi connectivity index (χ2n) is 7.97. The Bertz CT molecular complexity index is 795. The second-order valence-corrected chi connectivity index (χ2v) is 7.97. The van der Waals surface area contributed by atoms with Gasteiger partial charge in [0, 0.05) is 18.2 Å². The summed E-state index contributed by atoms with van der Waals surface area (Å²) in [5, 5.41) is 4.95. The van der Waals surface area contributed by atoms with Crippen LogP contribution in [0.3, 0.4) is 0 Å². The lowest BCUT2D eigenvalue weighted by Gasteiger charge is -2.25. The summed E-state index contributed by atoms with van der Waals surface area (Å²) in [7, 11) is 0. The van der Waals surface area contributed by atoms with E-state index >= 15 is 0 Å². The summed E-state index contributed by atoms with van der Waals surface area (Å²) in [6.45, 7) is 5.69. The van der Waals surface area contributed by atoms with E-state index in [-0.39, 0.29) is 11.9 Å². The Kier molecular flexibility index (Phi) is 5.33. The molecule has 1 fully saturated rings. The maximum Gasteiger partial charge on any atom is 0.244 e. The molecule has 27 heavy (non-hydrogen) atoms. The minimum atomic E-state index is 0.212. The SMILES string of the molecule is CCc1c2c(nn1CC(=O)N1CCC[C@H]1c1ccccc1)[C@@H](CC)CCC2. The number of hydrogen-bond acceptors (Lipinski definition) is 2. The number of amides is 1. The molecule has 4 nitrogen and oxygen atoms in total. The van der Waals surface area contributed by atoms with Gasteiger partial charge < -0.3 is 4.90 Å². The van der Waals surface area contributed by atoms with Crippen molar-refractivity contribution in [1.29, 1.82) is 0 Å². The van der Waals surface area contributed by atoms with Crippen LogP contribution in [0.5, 0.6) is 0 Å². The molecule has 2 heterocycles. The molecule has 1 aliphatic carbocycles. The molecule has 4 rings (SSSR count). The third kappa shape index (κ3) is 3.42. The van der Waals surface area contributed by atoms with Crippen molar-refractivity contribution in [3.63, 3.8) is 0 Å². The van der Waals surface area contributed by atoms with Gasteiger partial charge in [0.05, 0.1) is 11.7 Å². The van der Waals surface area contributed by atoms with E-state index in [0.717, 1.165) is 38.6 Å². The summed E-state index contributed by atoms with van der Waals surface area (Å²) >= 11 is 0. The first kappa shape index (κ1) is 18.3. The fraction of sp³-hybridized carbons (Fsp3) is 0.565. The first-order chi connectivity index (χ1) is 13.2. The minimum absolute atomic E-state index is 0.212. The Labute approximate surface area is 162 Å². The van der Waals surface area contributed by atoms with Gasteiger partial charge in [-0.15, -0.1) is 0 Å². The molecule has 0 radical (unpaired) electrons. The number of aromatic nitrogens is 2. The number of nitrogens with zero attached hydrogens (tertiary/aromatic N) is 3. The Morgan fingerprint density at radius 3 is 2.70 bits per heavy atom. The van der Waals surface area contributed by atoms with Crippen LogP contribution in [0.25, 0.3) is 0 Å². The maximum atomic E-state index is 13.2. The standard InChI is InChI=1S/C23H31N3O/c1-3-17-12-8-13-19-20(4-2)26(24-23(17)19)16-22(27)25-15-9-14-21(25)18-10-6-5-7-11-18/h5-7,10-11,17,21H,3-4,8-9,12-16H2,1-2H3/t17-,21-/m0/s1. The van der Waals surface area contributed by atoms with Crippen molar-refractivity contribution in [3.8, 4) is 0 Å². The first-order valence-corrected chi connectivity index (χ1v) is 10.7. The van der Waals surface area contributed by atoms with Gasteiger partial charge >= 0.3 is 0 Å². The van der Waals surface area contributed by atoms with Crippen molar-refractivity contribution in [3.05, 3.63) is 52.8 Å². The second kappa shape index (κ2) is 7.87. The van der Waals surface area contributed by atoms with Gasteiger partial charge in [-0.05, 0) is 56.1 Å². The smallest absolute Gasteiger partial charge is 0.244 e. The molecule has 0 unspecified atom stereocenters. The monoisotopic (exact) mass is 365 g/mol. The lowest BCUT2D eigenvalue weighted by Crippen LogP contribution is -2.34.